The normalized spacial score (nSPS) is 26.0. The number of terminal acetylenes is 1. The van der Waals surface area contributed by atoms with Crippen LogP contribution in [0.1, 0.15) is 29.2 Å². The Bertz CT molecular complexity index is 1210. The highest BCUT2D eigenvalue weighted by Crippen LogP contribution is 2.50. The molecule has 0 aliphatic carbocycles. The highest BCUT2D eigenvalue weighted by Gasteiger charge is 2.68. The van der Waals surface area contributed by atoms with Crippen molar-refractivity contribution in [1.82, 2.24) is 10.2 Å². The topological polar surface area (TPSA) is 124 Å². The second-order valence-corrected chi connectivity index (χ2v) is 8.35. The summed E-state index contributed by atoms with van der Waals surface area (Å²) in [6, 6.07) is 15.9. The number of likely N-dealkylation sites (tertiary alicyclic amines) is 1. The van der Waals surface area contributed by atoms with Gasteiger partial charge in [-0.05, 0) is 16.7 Å². The number of carbonyl (C=O) groups excluding carboxylic acids is 2. The fourth-order valence-electron chi connectivity index (χ4n) is 4.84. The summed E-state index contributed by atoms with van der Waals surface area (Å²) in [4.78, 5) is 50.9. The van der Waals surface area contributed by atoms with Gasteiger partial charge in [-0.1, -0.05) is 72.7 Å². The Morgan fingerprint density at radius 2 is 1.62 bits per heavy atom. The minimum atomic E-state index is -2.14. The van der Waals surface area contributed by atoms with Crippen LogP contribution in [0.5, 0.6) is 0 Å². The largest absolute Gasteiger partial charge is 0.481 e. The molecule has 2 amide bonds. The summed E-state index contributed by atoms with van der Waals surface area (Å²) in [6.07, 6.45) is 8.29. The fraction of sp³-hybridized carbons (Fsp3) is 0.231. The summed E-state index contributed by atoms with van der Waals surface area (Å²) in [5.74, 6) is -4.50. The van der Waals surface area contributed by atoms with Crippen LogP contribution >= 0.6 is 0 Å². The summed E-state index contributed by atoms with van der Waals surface area (Å²) in [5.41, 5.74) is 0.336. The Morgan fingerprint density at radius 3 is 2.18 bits per heavy atom. The maximum Gasteiger partial charge on any atom is 0.325 e. The molecule has 4 atom stereocenters. The van der Waals surface area contributed by atoms with Crippen molar-refractivity contribution in [2.24, 2.45) is 11.8 Å². The van der Waals surface area contributed by atoms with Gasteiger partial charge >= 0.3 is 11.9 Å². The molecule has 34 heavy (non-hydrogen) atoms. The van der Waals surface area contributed by atoms with Gasteiger partial charge in [-0.15, -0.1) is 6.42 Å². The van der Waals surface area contributed by atoms with Crippen molar-refractivity contribution in [2.45, 2.75) is 18.0 Å². The summed E-state index contributed by atoms with van der Waals surface area (Å²) in [7, 11) is 0. The molecule has 3 N–H and O–H groups in total. The molecule has 2 saturated heterocycles. The first-order chi connectivity index (χ1) is 16.3. The van der Waals surface area contributed by atoms with Gasteiger partial charge in [0, 0.05) is 6.04 Å². The van der Waals surface area contributed by atoms with Gasteiger partial charge in [-0.2, -0.15) is 0 Å². The smallest absolute Gasteiger partial charge is 0.325 e. The summed E-state index contributed by atoms with van der Waals surface area (Å²) >= 11 is 0. The van der Waals surface area contributed by atoms with Gasteiger partial charge in [0.05, 0.1) is 24.8 Å². The number of imide groups is 1. The van der Waals surface area contributed by atoms with Crippen molar-refractivity contribution in [3.63, 3.8) is 0 Å². The molecule has 8 nitrogen and oxygen atoms in total. The quantitative estimate of drug-likeness (QED) is 0.329. The standard InChI is InChI=1S/C26H22N2O6/c1-2-14-28-23(31)20-21(24(28)32)26(25(33)34,15-19(29)30)27-22(20)18-12-10-17(11-13-18)9-8-16-6-4-3-5-7-16/h1,3-13,20-22,27H,14-15H2,(H,29,30)(H,33,34). The van der Waals surface area contributed by atoms with Gasteiger partial charge < -0.3 is 10.2 Å². The molecule has 2 aliphatic heterocycles. The van der Waals surface area contributed by atoms with Crippen LogP contribution < -0.4 is 5.32 Å². The zero-order valence-corrected chi connectivity index (χ0v) is 18.0. The van der Waals surface area contributed by atoms with Crippen molar-refractivity contribution in [3.05, 3.63) is 71.3 Å². The molecule has 8 heteroatoms. The van der Waals surface area contributed by atoms with Crippen LogP contribution in [0.4, 0.5) is 0 Å². The van der Waals surface area contributed by atoms with Gasteiger partial charge in [-0.3, -0.25) is 29.4 Å². The maximum absolute atomic E-state index is 13.1. The third kappa shape index (κ3) is 3.87. The first-order valence-electron chi connectivity index (χ1n) is 10.6. The second kappa shape index (κ2) is 8.96. The Labute approximate surface area is 195 Å². The van der Waals surface area contributed by atoms with Crippen LogP contribution in [-0.4, -0.2) is 50.9 Å². The molecular weight excluding hydrogens is 436 g/mol. The Morgan fingerprint density at radius 1 is 1.00 bits per heavy atom. The van der Waals surface area contributed by atoms with E-state index in [0.717, 1.165) is 16.0 Å². The van der Waals surface area contributed by atoms with E-state index in [1.165, 1.54) is 0 Å². The monoisotopic (exact) mass is 458 g/mol. The Hall–Kier alpha value is -4.22. The van der Waals surface area contributed by atoms with Gasteiger partial charge in [0.2, 0.25) is 11.8 Å². The minimum Gasteiger partial charge on any atom is -0.481 e. The van der Waals surface area contributed by atoms with Crippen molar-refractivity contribution < 1.29 is 29.4 Å². The van der Waals surface area contributed by atoms with Crippen LogP contribution in [0, 0.1) is 24.2 Å². The van der Waals surface area contributed by atoms with Crippen molar-refractivity contribution >= 4 is 35.9 Å². The molecule has 0 saturated carbocycles. The average molecular weight is 458 g/mol. The fourth-order valence-corrected chi connectivity index (χ4v) is 4.84. The lowest BCUT2D eigenvalue weighted by molar-refractivity contribution is -0.155. The van der Waals surface area contributed by atoms with Crippen molar-refractivity contribution in [2.75, 3.05) is 6.54 Å². The lowest BCUT2D eigenvalue weighted by Gasteiger charge is -2.29. The minimum absolute atomic E-state index is 0.302. The molecule has 172 valence electrons. The molecule has 4 unspecified atom stereocenters. The zero-order valence-electron chi connectivity index (χ0n) is 18.0. The number of benzene rings is 2. The molecule has 0 spiro atoms. The number of carboxylic acids is 2. The van der Waals surface area contributed by atoms with E-state index >= 15 is 0 Å². The number of carbonyl (C=O) groups is 4. The first kappa shape index (κ1) is 23.0. The first-order valence-corrected chi connectivity index (χ1v) is 10.6. The van der Waals surface area contributed by atoms with E-state index < -0.39 is 53.6 Å². The number of hydrogen-bond donors (Lipinski definition) is 3. The third-order valence-corrected chi connectivity index (χ3v) is 6.37. The Kier molecular flexibility index (Phi) is 6.05. The Balaban J connectivity index is 1.70. The number of hydrogen-bond acceptors (Lipinski definition) is 5. The number of nitrogens with one attached hydrogen (secondary N) is 1. The van der Waals surface area contributed by atoms with Crippen LogP contribution in [0.3, 0.4) is 0 Å². The number of carboxylic acid groups (broad SMARTS) is 2. The van der Waals surface area contributed by atoms with Crippen molar-refractivity contribution in [1.29, 1.82) is 0 Å². The van der Waals surface area contributed by atoms with Crippen molar-refractivity contribution in [3.8, 4) is 12.3 Å². The summed E-state index contributed by atoms with van der Waals surface area (Å²) in [5, 5.41) is 22.3. The molecule has 2 fully saturated rings. The number of amides is 2. The molecule has 2 aromatic carbocycles. The van der Waals surface area contributed by atoms with E-state index in [0.29, 0.717) is 5.56 Å². The third-order valence-electron chi connectivity index (χ3n) is 6.37. The number of nitrogens with zero attached hydrogens (tertiary/aromatic N) is 1. The molecule has 0 aromatic heterocycles. The molecular formula is C26H22N2O6. The molecule has 2 aliphatic rings. The SMILES string of the molecule is C#CCN1C(=O)C2C(c3ccc(C=Cc4ccccc4)cc3)NC(CC(=O)O)(C(=O)O)C2C1=O. The molecule has 4 rings (SSSR count). The highest BCUT2D eigenvalue weighted by atomic mass is 16.4. The van der Waals surface area contributed by atoms with E-state index in [2.05, 4.69) is 11.2 Å². The number of rotatable bonds is 7. The zero-order chi connectivity index (χ0) is 24.5. The number of aliphatic carboxylic acids is 2. The van der Waals surface area contributed by atoms with Gasteiger partial charge in [-0.25, -0.2) is 0 Å². The van der Waals surface area contributed by atoms with E-state index in [9.17, 15) is 29.4 Å². The molecule has 2 heterocycles. The van der Waals surface area contributed by atoms with Crippen LogP contribution in [0.2, 0.25) is 0 Å². The van der Waals surface area contributed by atoms with Crippen LogP contribution in [-0.2, 0) is 19.2 Å². The lowest BCUT2D eigenvalue weighted by Crippen LogP contribution is -2.56. The van der Waals surface area contributed by atoms with Gasteiger partial charge in [0.15, 0.2) is 0 Å². The van der Waals surface area contributed by atoms with E-state index in [-0.39, 0.29) is 6.54 Å². The van der Waals surface area contributed by atoms with Crippen LogP contribution in [0.15, 0.2) is 54.6 Å². The summed E-state index contributed by atoms with van der Waals surface area (Å²) < 4.78 is 0. The lowest BCUT2D eigenvalue weighted by atomic mass is 9.77. The predicted molar refractivity (Wildman–Crippen MR) is 123 cm³/mol. The van der Waals surface area contributed by atoms with Gasteiger partial charge in [0.25, 0.3) is 0 Å². The van der Waals surface area contributed by atoms with E-state index in [4.69, 9.17) is 6.42 Å². The van der Waals surface area contributed by atoms with E-state index in [1.54, 1.807) is 12.1 Å². The number of fused-ring (bicyclic) bond motifs is 1. The highest BCUT2D eigenvalue weighted by molar-refractivity contribution is 6.10. The molecule has 0 radical (unpaired) electrons. The molecule has 0 bridgehead atoms. The predicted octanol–water partition coefficient (Wildman–Crippen LogP) is 2.03. The van der Waals surface area contributed by atoms with Gasteiger partial charge in [0.1, 0.15) is 5.54 Å². The summed E-state index contributed by atoms with van der Waals surface area (Å²) in [6.45, 7) is -0.302. The maximum atomic E-state index is 13.1. The van der Waals surface area contributed by atoms with Crippen LogP contribution in [0.25, 0.3) is 12.2 Å². The van der Waals surface area contributed by atoms with E-state index in [1.807, 2.05) is 54.6 Å². The second-order valence-electron chi connectivity index (χ2n) is 8.35. The molecule has 2 aromatic rings. The average Bonchev–Trinajstić information content (AvgIpc) is 3.28.